The summed E-state index contributed by atoms with van der Waals surface area (Å²) in [5.41, 5.74) is 0. The van der Waals surface area contributed by atoms with Crippen LogP contribution in [0, 0.1) is 5.92 Å². The van der Waals surface area contributed by atoms with E-state index in [0.717, 1.165) is 24.9 Å². The fraction of sp³-hybridized carbons (Fsp3) is 1.00. The molecule has 112 valence electrons. The Morgan fingerprint density at radius 1 is 1.00 bits per heavy atom. The lowest BCUT2D eigenvalue weighted by molar-refractivity contribution is 0.125. The molecular formula is C16H32N2O. The molecule has 2 aliphatic rings. The van der Waals surface area contributed by atoms with Crippen molar-refractivity contribution in [3.05, 3.63) is 0 Å². The quantitative estimate of drug-likeness (QED) is 0.801. The van der Waals surface area contributed by atoms with Crippen molar-refractivity contribution in [1.82, 2.24) is 9.80 Å². The first-order chi connectivity index (χ1) is 9.29. The predicted molar refractivity (Wildman–Crippen MR) is 80.4 cm³/mol. The van der Waals surface area contributed by atoms with Gasteiger partial charge in [-0.05, 0) is 77.5 Å². The molecule has 3 heteroatoms. The van der Waals surface area contributed by atoms with Crippen molar-refractivity contribution in [2.75, 3.05) is 39.3 Å². The van der Waals surface area contributed by atoms with Gasteiger partial charge in [-0.3, -0.25) is 0 Å². The molecule has 0 aromatic heterocycles. The Bertz CT molecular complexity index is 239. The zero-order chi connectivity index (χ0) is 13.5. The van der Waals surface area contributed by atoms with Gasteiger partial charge >= 0.3 is 0 Å². The number of hydrogen-bond donors (Lipinski definition) is 1. The first kappa shape index (κ1) is 15.3. The molecule has 0 radical (unpaired) electrons. The van der Waals surface area contributed by atoms with Crippen LogP contribution in [-0.4, -0.2) is 60.3 Å². The highest BCUT2D eigenvalue weighted by Crippen LogP contribution is 2.23. The van der Waals surface area contributed by atoms with E-state index >= 15 is 0 Å². The maximum atomic E-state index is 8.87. The molecule has 3 nitrogen and oxygen atoms in total. The highest BCUT2D eigenvalue weighted by atomic mass is 16.3. The highest BCUT2D eigenvalue weighted by molar-refractivity contribution is 4.77. The van der Waals surface area contributed by atoms with Crippen LogP contribution >= 0.6 is 0 Å². The highest BCUT2D eigenvalue weighted by Gasteiger charge is 2.22. The summed E-state index contributed by atoms with van der Waals surface area (Å²) < 4.78 is 0. The molecule has 0 bridgehead atoms. The molecular weight excluding hydrogens is 236 g/mol. The first-order valence-corrected chi connectivity index (χ1v) is 8.37. The van der Waals surface area contributed by atoms with Crippen LogP contribution in [-0.2, 0) is 0 Å². The molecule has 0 amide bonds. The largest absolute Gasteiger partial charge is 0.396 e. The van der Waals surface area contributed by atoms with E-state index in [0.29, 0.717) is 6.61 Å². The summed E-state index contributed by atoms with van der Waals surface area (Å²) in [5, 5.41) is 8.87. The van der Waals surface area contributed by atoms with Crippen molar-refractivity contribution in [2.24, 2.45) is 5.92 Å². The van der Waals surface area contributed by atoms with Gasteiger partial charge in [0, 0.05) is 19.2 Å². The van der Waals surface area contributed by atoms with Crippen LogP contribution < -0.4 is 0 Å². The van der Waals surface area contributed by atoms with Gasteiger partial charge in [-0.25, -0.2) is 0 Å². The molecule has 2 saturated heterocycles. The smallest absolute Gasteiger partial charge is 0.0443 e. The van der Waals surface area contributed by atoms with Crippen molar-refractivity contribution in [1.29, 1.82) is 0 Å². The zero-order valence-electron chi connectivity index (χ0n) is 12.7. The molecule has 1 atom stereocenters. The lowest BCUT2D eigenvalue weighted by Gasteiger charge is -2.36. The molecule has 0 spiro atoms. The summed E-state index contributed by atoms with van der Waals surface area (Å²) in [4.78, 5) is 5.23. The molecule has 0 aromatic rings. The van der Waals surface area contributed by atoms with Crippen LogP contribution in [0.3, 0.4) is 0 Å². The van der Waals surface area contributed by atoms with Gasteiger partial charge in [0.2, 0.25) is 0 Å². The molecule has 2 aliphatic heterocycles. The van der Waals surface area contributed by atoms with Crippen LogP contribution in [0.15, 0.2) is 0 Å². The summed E-state index contributed by atoms with van der Waals surface area (Å²) in [5.74, 6) is 0.944. The second kappa shape index (κ2) is 8.23. The average Bonchev–Trinajstić information content (AvgIpc) is 2.45. The van der Waals surface area contributed by atoms with Crippen LogP contribution in [0.25, 0.3) is 0 Å². The van der Waals surface area contributed by atoms with E-state index in [1.54, 1.807) is 0 Å². The Balaban J connectivity index is 1.60. The average molecular weight is 268 g/mol. The van der Waals surface area contributed by atoms with E-state index in [4.69, 9.17) is 5.11 Å². The van der Waals surface area contributed by atoms with Crippen molar-refractivity contribution in [3.8, 4) is 0 Å². The number of hydrogen-bond acceptors (Lipinski definition) is 3. The van der Waals surface area contributed by atoms with E-state index in [1.165, 1.54) is 64.7 Å². The lowest BCUT2D eigenvalue weighted by Crippen LogP contribution is -2.40. The maximum absolute atomic E-state index is 8.87. The van der Waals surface area contributed by atoms with Crippen molar-refractivity contribution >= 4 is 0 Å². The Labute approximate surface area is 119 Å². The third-order valence-electron chi connectivity index (χ3n) is 5.10. The molecule has 2 rings (SSSR count). The van der Waals surface area contributed by atoms with Gasteiger partial charge in [0.15, 0.2) is 0 Å². The van der Waals surface area contributed by atoms with Crippen LogP contribution in [0.2, 0.25) is 0 Å². The van der Waals surface area contributed by atoms with Gasteiger partial charge in [0.25, 0.3) is 0 Å². The third-order valence-corrected chi connectivity index (χ3v) is 5.10. The van der Waals surface area contributed by atoms with Crippen LogP contribution in [0.5, 0.6) is 0 Å². The summed E-state index contributed by atoms with van der Waals surface area (Å²) in [6.07, 6.45) is 9.32. The van der Waals surface area contributed by atoms with Crippen molar-refractivity contribution in [2.45, 2.75) is 57.9 Å². The van der Waals surface area contributed by atoms with Crippen molar-refractivity contribution in [3.63, 3.8) is 0 Å². The number of piperidine rings is 2. The van der Waals surface area contributed by atoms with Gasteiger partial charge in [0.1, 0.15) is 0 Å². The van der Waals surface area contributed by atoms with E-state index < -0.39 is 0 Å². The molecule has 0 aromatic carbocycles. The number of likely N-dealkylation sites (tertiary alicyclic amines) is 2. The van der Waals surface area contributed by atoms with Gasteiger partial charge < -0.3 is 14.9 Å². The third kappa shape index (κ3) is 5.05. The van der Waals surface area contributed by atoms with E-state index in [9.17, 15) is 0 Å². The first-order valence-electron chi connectivity index (χ1n) is 8.37. The zero-order valence-corrected chi connectivity index (χ0v) is 12.7. The number of nitrogens with zero attached hydrogens (tertiary/aromatic N) is 2. The van der Waals surface area contributed by atoms with E-state index in [1.807, 2.05) is 0 Å². The topological polar surface area (TPSA) is 26.7 Å². The molecule has 1 unspecified atom stereocenters. The normalized spacial score (nSPS) is 27.8. The molecule has 1 N–H and O–H groups in total. The Morgan fingerprint density at radius 3 is 2.47 bits per heavy atom. The van der Waals surface area contributed by atoms with E-state index in [2.05, 4.69) is 16.7 Å². The molecule has 2 heterocycles. The number of aliphatic hydroxyl groups is 1. The molecule has 0 aliphatic carbocycles. The fourth-order valence-electron chi connectivity index (χ4n) is 3.63. The summed E-state index contributed by atoms with van der Waals surface area (Å²) in [6, 6.07) is 0.818. The van der Waals surface area contributed by atoms with Crippen molar-refractivity contribution < 1.29 is 5.11 Å². The SMILES string of the molecule is CC1CCCCN1CCC1CCN(CCCO)CC1. The van der Waals surface area contributed by atoms with Gasteiger partial charge in [0.05, 0.1) is 0 Å². The minimum Gasteiger partial charge on any atom is -0.396 e. The molecule has 2 fully saturated rings. The lowest BCUT2D eigenvalue weighted by atomic mass is 9.92. The fourth-order valence-corrected chi connectivity index (χ4v) is 3.63. The van der Waals surface area contributed by atoms with E-state index in [-0.39, 0.29) is 0 Å². The Morgan fingerprint density at radius 2 is 1.79 bits per heavy atom. The number of rotatable bonds is 6. The van der Waals surface area contributed by atoms with Gasteiger partial charge in [-0.2, -0.15) is 0 Å². The minimum atomic E-state index is 0.340. The Hall–Kier alpha value is -0.120. The van der Waals surface area contributed by atoms with Gasteiger partial charge in [-0.15, -0.1) is 0 Å². The second-order valence-corrected chi connectivity index (χ2v) is 6.53. The second-order valence-electron chi connectivity index (χ2n) is 6.53. The molecule has 19 heavy (non-hydrogen) atoms. The van der Waals surface area contributed by atoms with Crippen LogP contribution in [0.4, 0.5) is 0 Å². The summed E-state index contributed by atoms with van der Waals surface area (Å²) in [6.45, 7) is 8.98. The summed E-state index contributed by atoms with van der Waals surface area (Å²) in [7, 11) is 0. The Kier molecular flexibility index (Phi) is 6.62. The van der Waals surface area contributed by atoms with Gasteiger partial charge in [-0.1, -0.05) is 6.42 Å². The summed E-state index contributed by atoms with van der Waals surface area (Å²) >= 11 is 0. The molecule has 0 saturated carbocycles. The number of aliphatic hydroxyl groups excluding tert-OH is 1. The monoisotopic (exact) mass is 268 g/mol. The maximum Gasteiger partial charge on any atom is 0.0443 e. The minimum absolute atomic E-state index is 0.340. The van der Waals surface area contributed by atoms with Crippen LogP contribution in [0.1, 0.15) is 51.9 Å². The standard InChI is InChI=1S/C16H32N2O/c1-15-5-2-3-10-18(15)13-8-16-6-11-17(12-7-16)9-4-14-19/h15-16,19H,2-14H2,1H3. The predicted octanol–water partition coefficient (Wildman–Crippen LogP) is 2.35.